The Morgan fingerprint density at radius 3 is 2.58 bits per heavy atom. The Bertz CT molecular complexity index is 965. The summed E-state index contributed by atoms with van der Waals surface area (Å²) in [6.45, 7) is 0. The first kappa shape index (κ1) is 15.7. The number of rotatable bonds is 2. The van der Waals surface area contributed by atoms with Gasteiger partial charge in [0.25, 0.3) is 5.91 Å². The van der Waals surface area contributed by atoms with E-state index in [1.54, 1.807) is 0 Å². The van der Waals surface area contributed by atoms with E-state index in [1.165, 1.54) is 0 Å². The molecule has 2 N–H and O–H groups in total. The van der Waals surface area contributed by atoms with Gasteiger partial charge in [-0.25, -0.2) is 13.9 Å². The molecule has 0 saturated heterocycles. The number of aromatic hydroxyl groups is 1. The smallest absolute Gasteiger partial charge is 0.416 e. The van der Waals surface area contributed by atoms with Gasteiger partial charge in [0.2, 0.25) is 0 Å². The van der Waals surface area contributed by atoms with Gasteiger partial charge >= 0.3 is 6.18 Å². The Hall–Kier alpha value is -3.17. The summed E-state index contributed by atoms with van der Waals surface area (Å²) >= 11 is 0. The van der Waals surface area contributed by atoms with Crippen LogP contribution in [-0.4, -0.2) is 25.6 Å². The van der Waals surface area contributed by atoms with Crippen molar-refractivity contribution < 1.29 is 27.5 Å². The molecule has 0 aliphatic heterocycles. The lowest BCUT2D eigenvalue weighted by Crippen LogP contribution is -2.08. The number of hydrogen-bond donors (Lipinski definition) is 1. The zero-order valence-corrected chi connectivity index (χ0v) is 11.6. The molecule has 0 fully saturated rings. The van der Waals surface area contributed by atoms with Gasteiger partial charge in [-0.3, -0.25) is 10.5 Å². The number of halogens is 4. The zero-order valence-electron chi connectivity index (χ0n) is 11.6. The number of aromatic nitrogens is 3. The Kier molecular flexibility index (Phi) is 3.39. The topological polar surface area (TPSA) is 91.3 Å². The summed E-state index contributed by atoms with van der Waals surface area (Å²) in [6, 6.07) is 2.65. The second kappa shape index (κ2) is 5.18. The molecular weight excluding hydrogens is 332 g/mol. The van der Waals surface area contributed by atoms with Crippen LogP contribution in [0.5, 0.6) is 5.75 Å². The molecule has 0 unspecified atom stereocenters. The minimum Gasteiger partial charge on any atom is -0.507 e. The molecule has 0 saturated carbocycles. The third-order valence-corrected chi connectivity index (χ3v) is 3.33. The number of amides is 1. The van der Waals surface area contributed by atoms with Crippen LogP contribution in [0.3, 0.4) is 0 Å². The van der Waals surface area contributed by atoms with Crippen molar-refractivity contribution in [2.75, 3.05) is 0 Å². The number of benzene rings is 1. The van der Waals surface area contributed by atoms with Crippen LogP contribution in [0.1, 0.15) is 15.9 Å². The van der Waals surface area contributed by atoms with Gasteiger partial charge in [0.15, 0.2) is 5.65 Å². The van der Waals surface area contributed by atoms with Gasteiger partial charge in [0.1, 0.15) is 23.5 Å². The van der Waals surface area contributed by atoms with Gasteiger partial charge in [-0.15, -0.1) is 0 Å². The summed E-state index contributed by atoms with van der Waals surface area (Å²) in [5.74, 6) is -2.95. The van der Waals surface area contributed by atoms with Crippen molar-refractivity contribution in [2.45, 2.75) is 6.18 Å². The number of nitrogens with one attached hydrogen (secondary N) is 1. The average Bonchev–Trinajstić information content (AvgIpc) is 2.94. The Morgan fingerprint density at radius 1 is 1.25 bits per heavy atom. The van der Waals surface area contributed by atoms with Gasteiger partial charge in [0, 0.05) is 11.6 Å². The molecule has 0 aliphatic carbocycles. The number of carbonyl (C=O) groups excluding carboxylic acids is 1. The highest BCUT2D eigenvalue weighted by atomic mass is 19.4. The highest BCUT2D eigenvalue weighted by Crippen LogP contribution is 2.35. The highest BCUT2D eigenvalue weighted by Gasteiger charge is 2.32. The van der Waals surface area contributed by atoms with Crippen LogP contribution in [0.2, 0.25) is 0 Å². The molecule has 0 atom stereocenters. The molecule has 1 aromatic carbocycles. The van der Waals surface area contributed by atoms with E-state index in [0.29, 0.717) is 18.2 Å². The van der Waals surface area contributed by atoms with E-state index >= 15 is 0 Å². The fourth-order valence-electron chi connectivity index (χ4n) is 2.27. The summed E-state index contributed by atoms with van der Waals surface area (Å²) in [7, 11) is 0. The third-order valence-electron chi connectivity index (χ3n) is 3.33. The maximum atomic E-state index is 14.1. The lowest BCUT2D eigenvalue weighted by molar-refractivity contribution is -0.137. The minimum absolute atomic E-state index is 0.242. The van der Waals surface area contributed by atoms with Gasteiger partial charge < -0.3 is 5.11 Å². The van der Waals surface area contributed by atoms with Gasteiger partial charge in [-0.05, 0) is 18.2 Å². The summed E-state index contributed by atoms with van der Waals surface area (Å²) < 4.78 is 53.5. The molecule has 3 aromatic rings. The Balaban J connectivity index is 2.34. The second-order valence-electron chi connectivity index (χ2n) is 4.81. The predicted octanol–water partition coefficient (Wildman–Crippen LogP) is 2.68. The van der Waals surface area contributed by atoms with E-state index in [1.807, 2.05) is 0 Å². The predicted molar refractivity (Wildman–Crippen MR) is 72.5 cm³/mol. The Morgan fingerprint density at radius 2 is 1.96 bits per heavy atom. The van der Waals surface area contributed by atoms with Crippen molar-refractivity contribution in [1.29, 1.82) is 0 Å². The maximum Gasteiger partial charge on any atom is 0.416 e. The molecule has 0 aliphatic rings. The molecule has 1 radical (unpaired) electrons. The van der Waals surface area contributed by atoms with E-state index in [-0.39, 0.29) is 11.3 Å². The first-order chi connectivity index (χ1) is 11.2. The highest BCUT2D eigenvalue weighted by molar-refractivity contribution is 6.01. The van der Waals surface area contributed by atoms with Crippen LogP contribution >= 0.6 is 0 Å². The molecular formula is C14H7F4N4O2. The van der Waals surface area contributed by atoms with Gasteiger partial charge in [-0.2, -0.15) is 18.3 Å². The van der Waals surface area contributed by atoms with E-state index in [4.69, 9.17) is 5.73 Å². The number of fused-ring (bicyclic) bond motifs is 1. The van der Waals surface area contributed by atoms with E-state index in [2.05, 4.69) is 10.1 Å². The number of hydrogen-bond acceptors (Lipinski definition) is 4. The summed E-state index contributed by atoms with van der Waals surface area (Å²) in [6.07, 6.45) is -3.72. The molecule has 0 bridgehead atoms. The minimum atomic E-state index is -4.69. The zero-order chi connectivity index (χ0) is 17.6. The summed E-state index contributed by atoms with van der Waals surface area (Å²) in [5.41, 5.74) is 4.55. The maximum absolute atomic E-state index is 14.1. The van der Waals surface area contributed by atoms with Crippen LogP contribution in [-0.2, 0) is 6.18 Å². The SMILES string of the molecule is [NH]C(=O)c1c(O)cc(-c2cc(C(F)(F)F)ccc2F)n2ncnc12. The average molecular weight is 339 g/mol. The van der Waals surface area contributed by atoms with E-state index in [9.17, 15) is 27.5 Å². The molecule has 3 rings (SSSR count). The molecule has 10 heteroatoms. The third kappa shape index (κ3) is 2.41. The lowest BCUT2D eigenvalue weighted by Gasteiger charge is -2.12. The standard InChI is InChI=1S/C14H7F4N4O2/c15-8-2-1-6(14(16,17)18)3-7(8)9-4-10(23)11(12(19)24)13-20-5-21-22(9)13/h1-5,19,23H. The number of carbonyl (C=O) groups is 1. The van der Waals surface area contributed by atoms with Gasteiger partial charge in [-0.1, -0.05) is 0 Å². The van der Waals surface area contributed by atoms with Crippen LogP contribution < -0.4 is 5.73 Å². The van der Waals surface area contributed by atoms with Crippen molar-refractivity contribution >= 4 is 11.6 Å². The fourth-order valence-corrected chi connectivity index (χ4v) is 2.27. The largest absolute Gasteiger partial charge is 0.507 e. The number of nitrogens with zero attached hydrogens (tertiary/aromatic N) is 3. The number of alkyl halides is 3. The monoisotopic (exact) mass is 339 g/mol. The molecule has 1 amide bonds. The molecule has 6 nitrogen and oxygen atoms in total. The van der Waals surface area contributed by atoms with Crippen molar-refractivity contribution in [3.05, 3.63) is 47.5 Å². The van der Waals surface area contributed by atoms with Gasteiger partial charge in [0.05, 0.1) is 11.3 Å². The Labute approximate surface area is 131 Å². The van der Waals surface area contributed by atoms with E-state index < -0.39 is 40.3 Å². The molecule has 2 aromatic heterocycles. The molecule has 2 heterocycles. The van der Waals surface area contributed by atoms with E-state index in [0.717, 1.165) is 16.9 Å². The second-order valence-corrected chi connectivity index (χ2v) is 4.81. The summed E-state index contributed by atoms with van der Waals surface area (Å²) in [5, 5.41) is 13.6. The quantitative estimate of drug-likeness (QED) is 0.727. The van der Waals surface area contributed by atoms with Crippen molar-refractivity contribution in [2.24, 2.45) is 0 Å². The fraction of sp³-hybridized carbons (Fsp3) is 0.0714. The van der Waals surface area contributed by atoms with Crippen molar-refractivity contribution in [3.63, 3.8) is 0 Å². The van der Waals surface area contributed by atoms with Crippen LogP contribution in [0.15, 0.2) is 30.6 Å². The van der Waals surface area contributed by atoms with Crippen LogP contribution in [0.25, 0.3) is 16.9 Å². The van der Waals surface area contributed by atoms with Crippen LogP contribution in [0, 0.1) is 5.82 Å². The molecule has 0 spiro atoms. The molecule has 123 valence electrons. The van der Waals surface area contributed by atoms with Crippen molar-refractivity contribution in [3.8, 4) is 17.0 Å². The lowest BCUT2D eigenvalue weighted by atomic mass is 10.0. The van der Waals surface area contributed by atoms with Crippen molar-refractivity contribution in [1.82, 2.24) is 20.3 Å². The molecule has 24 heavy (non-hydrogen) atoms. The summed E-state index contributed by atoms with van der Waals surface area (Å²) in [4.78, 5) is 15.0. The first-order valence-corrected chi connectivity index (χ1v) is 6.39. The normalized spacial score (nSPS) is 11.8. The van der Waals surface area contributed by atoms with Crippen LogP contribution in [0.4, 0.5) is 17.6 Å². The number of pyridine rings is 1. The first-order valence-electron chi connectivity index (χ1n) is 6.39.